The molecule has 1 unspecified atom stereocenters. The van der Waals surface area contributed by atoms with Crippen LogP contribution < -0.4 is 0 Å². The number of nitrogens with zero attached hydrogens (tertiary/aromatic N) is 1. The lowest BCUT2D eigenvalue weighted by Crippen LogP contribution is -2.06. The van der Waals surface area contributed by atoms with E-state index in [4.69, 9.17) is 23.2 Å². The minimum Gasteiger partial charge on any atom is -0.388 e. The zero-order valence-electron chi connectivity index (χ0n) is 10.8. The number of aliphatic hydroxyl groups excluding tert-OH is 1. The van der Waals surface area contributed by atoms with E-state index in [1.54, 1.807) is 18.2 Å². The number of aliphatic hydroxyl groups is 1. The highest BCUT2D eigenvalue weighted by molar-refractivity contribution is 6.36. The number of hydrogen-bond donors (Lipinski definition) is 1. The third kappa shape index (κ3) is 3.27. The van der Waals surface area contributed by atoms with E-state index in [0.29, 0.717) is 16.5 Å². The second-order valence-corrected chi connectivity index (χ2v) is 5.36. The Morgan fingerprint density at radius 2 is 1.74 bits per heavy atom. The Morgan fingerprint density at radius 1 is 1.11 bits per heavy atom. The summed E-state index contributed by atoms with van der Waals surface area (Å²) in [6, 6.07) is 9.12. The smallest absolute Gasteiger partial charge is 0.0848 e. The highest BCUT2D eigenvalue weighted by Gasteiger charge is 2.15. The molecule has 0 spiro atoms. The summed E-state index contributed by atoms with van der Waals surface area (Å²) in [5.74, 6) is 0. The quantitative estimate of drug-likeness (QED) is 0.917. The summed E-state index contributed by atoms with van der Waals surface area (Å²) in [6.07, 6.45) is -0.283. The molecule has 0 aliphatic rings. The molecule has 4 heteroatoms. The molecule has 2 nitrogen and oxygen atoms in total. The van der Waals surface area contributed by atoms with Crippen molar-refractivity contribution < 1.29 is 5.11 Å². The lowest BCUT2D eigenvalue weighted by Gasteiger charge is -2.15. The van der Waals surface area contributed by atoms with Crippen LogP contribution in [0.5, 0.6) is 0 Å². The number of halogens is 2. The van der Waals surface area contributed by atoms with E-state index < -0.39 is 6.10 Å². The van der Waals surface area contributed by atoms with Crippen molar-refractivity contribution in [2.24, 2.45) is 0 Å². The largest absolute Gasteiger partial charge is 0.388 e. The highest BCUT2D eigenvalue weighted by Crippen LogP contribution is 2.30. The minimum absolute atomic E-state index is 0.379. The van der Waals surface area contributed by atoms with Crippen LogP contribution in [0.2, 0.25) is 10.0 Å². The molecular weight excluding hydrogens is 281 g/mol. The van der Waals surface area contributed by atoms with Crippen molar-refractivity contribution in [2.45, 2.75) is 26.4 Å². The minimum atomic E-state index is -0.662. The van der Waals surface area contributed by atoms with Gasteiger partial charge in [0, 0.05) is 33.4 Å². The fourth-order valence-corrected chi connectivity index (χ4v) is 2.63. The molecule has 0 fully saturated rings. The van der Waals surface area contributed by atoms with E-state index in [0.717, 1.165) is 22.5 Å². The average Bonchev–Trinajstić information content (AvgIpc) is 2.33. The Bertz CT molecular complexity index is 578. The summed E-state index contributed by atoms with van der Waals surface area (Å²) in [7, 11) is 0. The van der Waals surface area contributed by atoms with Gasteiger partial charge in [0.15, 0.2) is 0 Å². The van der Waals surface area contributed by atoms with Crippen LogP contribution in [0.4, 0.5) is 0 Å². The third-order valence-electron chi connectivity index (χ3n) is 3.08. The van der Waals surface area contributed by atoms with Gasteiger partial charge in [-0.1, -0.05) is 35.3 Å². The van der Waals surface area contributed by atoms with Gasteiger partial charge >= 0.3 is 0 Å². The first-order valence-corrected chi connectivity index (χ1v) is 6.79. The van der Waals surface area contributed by atoms with E-state index in [2.05, 4.69) is 4.98 Å². The fourth-order valence-electron chi connectivity index (χ4n) is 2.08. The van der Waals surface area contributed by atoms with E-state index in [-0.39, 0.29) is 0 Å². The number of benzene rings is 1. The summed E-state index contributed by atoms with van der Waals surface area (Å²) in [6.45, 7) is 3.81. The third-order valence-corrected chi connectivity index (χ3v) is 3.79. The van der Waals surface area contributed by atoms with Gasteiger partial charge < -0.3 is 5.11 Å². The van der Waals surface area contributed by atoms with Crippen LogP contribution in [0.15, 0.2) is 30.3 Å². The van der Waals surface area contributed by atoms with Gasteiger partial charge in [0.2, 0.25) is 0 Å². The first-order chi connectivity index (χ1) is 8.99. The van der Waals surface area contributed by atoms with Gasteiger partial charge in [-0.05, 0) is 37.6 Å². The molecule has 0 amide bonds. The summed E-state index contributed by atoms with van der Waals surface area (Å²) in [5, 5.41) is 11.5. The summed E-state index contributed by atoms with van der Waals surface area (Å²) in [5.41, 5.74) is 3.33. The SMILES string of the molecule is Cc1ccc(C(O)Cc2c(Cl)cccc2Cl)c(C)n1. The predicted octanol–water partition coefficient (Wildman–Crippen LogP) is 4.28. The average molecular weight is 296 g/mol. The first-order valence-electron chi connectivity index (χ1n) is 6.04. The molecule has 1 N–H and O–H groups in total. The maximum atomic E-state index is 10.3. The van der Waals surface area contributed by atoms with Crippen LogP contribution in [-0.4, -0.2) is 10.1 Å². The standard InChI is InChI=1S/C15H15Cl2NO/c1-9-6-7-11(10(2)18-9)15(19)8-12-13(16)4-3-5-14(12)17/h3-7,15,19H,8H2,1-2H3. The number of pyridine rings is 1. The van der Waals surface area contributed by atoms with Crippen LogP contribution in [0.1, 0.15) is 28.6 Å². The Balaban J connectivity index is 2.28. The number of hydrogen-bond acceptors (Lipinski definition) is 2. The molecule has 2 rings (SSSR count). The van der Waals surface area contributed by atoms with Crippen molar-refractivity contribution in [3.05, 3.63) is 62.9 Å². The predicted molar refractivity (Wildman–Crippen MR) is 78.8 cm³/mol. The highest BCUT2D eigenvalue weighted by atomic mass is 35.5. The Labute approximate surface area is 123 Å². The summed E-state index contributed by atoms with van der Waals surface area (Å²) in [4.78, 5) is 4.36. The van der Waals surface area contributed by atoms with Gasteiger partial charge in [0.25, 0.3) is 0 Å². The molecule has 2 aromatic rings. The monoisotopic (exact) mass is 295 g/mol. The van der Waals surface area contributed by atoms with Crippen molar-refractivity contribution in [1.82, 2.24) is 4.98 Å². The zero-order chi connectivity index (χ0) is 14.0. The van der Waals surface area contributed by atoms with Crippen molar-refractivity contribution >= 4 is 23.2 Å². The molecule has 1 atom stereocenters. The molecular formula is C15H15Cl2NO. The van der Waals surface area contributed by atoms with Crippen molar-refractivity contribution in [2.75, 3.05) is 0 Å². The topological polar surface area (TPSA) is 33.1 Å². The van der Waals surface area contributed by atoms with Crippen LogP contribution in [0.3, 0.4) is 0 Å². The van der Waals surface area contributed by atoms with Crippen LogP contribution in [-0.2, 0) is 6.42 Å². The van der Waals surface area contributed by atoms with Crippen molar-refractivity contribution in [1.29, 1.82) is 0 Å². The van der Waals surface area contributed by atoms with Crippen LogP contribution in [0.25, 0.3) is 0 Å². The molecule has 0 aliphatic heterocycles. The maximum absolute atomic E-state index is 10.3. The molecule has 0 aliphatic carbocycles. The van der Waals surface area contributed by atoms with E-state index >= 15 is 0 Å². The molecule has 1 heterocycles. The molecule has 100 valence electrons. The fraction of sp³-hybridized carbons (Fsp3) is 0.267. The van der Waals surface area contributed by atoms with Crippen LogP contribution >= 0.6 is 23.2 Å². The van der Waals surface area contributed by atoms with Crippen LogP contribution in [0, 0.1) is 13.8 Å². The number of aryl methyl sites for hydroxylation is 2. The van der Waals surface area contributed by atoms with Gasteiger partial charge in [-0.15, -0.1) is 0 Å². The van der Waals surface area contributed by atoms with E-state index in [9.17, 15) is 5.11 Å². The molecule has 0 bridgehead atoms. The maximum Gasteiger partial charge on any atom is 0.0848 e. The number of aromatic nitrogens is 1. The Morgan fingerprint density at radius 3 is 2.32 bits per heavy atom. The van der Waals surface area contributed by atoms with Gasteiger partial charge in [-0.2, -0.15) is 0 Å². The summed E-state index contributed by atoms with van der Waals surface area (Å²) < 4.78 is 0. The van der Waals surface area contributed by atoms with Crippen molar-refractivity contribution in [3.63, 3.8) is 0 Å². The van der Waals surface area contributed by atoms with Gasteiger partial charge in [0.1, 0.15) is 0 Å². The normalized spacial score (nSPS) is 12.5. The molecule has 0 radical (unpaired) electrons. The molecule has 1 aromatic heterocycles. The Kier molecular flexibility index (Phi) is 4.46. The molecule has 0 saturated heterocycles. The lowest BCUT2D eigenvalue weighted by atomic mass is 10.00. The van der Waals surface area contributed by atoms with Gasteiger partial charge in [-0.3, -0.25) is 4.98 Å². The van der Waals surface area contributed by atoms with E-state index in [1.165, 1.54) is 0 Å². The Hall–Kier alpha value is -1.09. The van der Waals surface area contributed by atoms with Crippen molar-refractivity contribution in [3.8, 4) is 0 Å². The summed E-state index contributed by atoms with van der Waals surface area (Å²) >= 11 is 12.2. The molecule has 19 heavy (non-hydrogen) atoms. The first kappa shape index (κ1) is 14.3. The zero-order valence-corrected chi connectivity index (χ0v) is 12.3. The second kappa shape index (κ2) is 5.91. The van der Waals surface area contributed by atoms with Gasteiger partial charge in [0.05, 0.1) is 6.10 Å². The molecule has 1 aromatic carbocycles. The molecule has 0 saturated carbocycles. The second-order valence-electron chi connectivity index (χ2n) is 4.55. The number of rotatable bonds is 3. The van der Waals surface area contributed by atoms with Gasteiger partial charge in [-0.25, -0.2) is 0 Å². The van der Waals surface area contributed by atoms with E-state index in [1.807, 2.05) is 26.0 Å². The lowest BCUT2D eigenvalue weighted by molar-refractivity contribution is 0.177.